The molecule has 3 nitrogen and oxygen atoms in total. The molecule has 0 aliphatic heterocycles. The Kier molecular flexibility index (Phi) is 5.27. The molecular weight excluding hydrogens is 389 g/mol. The van der Waals surface area contributed by atoms with Crippen LogP contribution in [0, 0.1) is 23.5 Å². The van der Waals surface area contributed by atoms with Crippen LogP contribution in [0.1, 0.15) is 43.2 Å². The molecule has 2 aromatic heterocycles. The summed E-state index contributed by atoms with van der Waals surface area (Å²) in [6.45, 7) is -0.146. The van der Waals surface area contributed by atoms with Gasteiger partial charge in [0.05, 0.1) is 12.4 Å². The molecule has 8 heteroatoms. The zero-order valence-corrected chi connectivity index (χ0v) is 15.6. The summed E-state index contributed by atoms with van der Waals surface area (Å²) < 4.78 is 68.2. The molecular formula is C21H20F5N3. The zero-order chi connectivity index (χ0) is 20.6. The molecule has 2 unspecified atom stereocenters. The Morgan fingerprint density at radius 1 is 0.966 bits per heavy atom. The van der Waals surface area contributed by atoms with E-state index in [9.17, 15) is 22.0 Å². The molecule has 1 saturated carbocycles. The Bertz CT molecular complexity index is 901. The molecule has 0 saturated heterocycles. The van der Waals surface area contributed by atoms with E-state index in [1.807, 2.05) is 0 Å². The monoisotopic (exact) mass is 409 g/mol. The van der Waals surface area contributed by atoms with Crippen LogP contribution in [-0.4, -0.2) is 16.1 Å². The fraction of sp³-hybridized carbons (Fsp3) is 0.429. The van der Waals surface area contributed by atoms with Gasteiger partial charge in [0.25, 0.3) is 0 Å². The summed E-state index contributed by atoms with van der Waals surface area (Å²) in [5.74, 6) is -0.807. The number of pyridine rings is 2. The summed E-state index contributed by atoms with van der Waals surface area (Å²) in [5.41, 5.74) is 0.164. The lowest BCUT2D eigenvalue weighted by Gasteiger charge is -2.31. The average molecular weight is 409 g/mol. The first-order chi connectivity index (χ1) is 13.8. The van der Waals surface area contributed by atoms with Crippen LogP contribution < -0.4 is 5.32 Å². The predicted molar refractivity (Wildman–Crippen MR) is 98.8 cm³/mol. The zero-order valence-electron chi connectivity index (χ0n) is 15.6. The van der Waals surface area contributed by atoms with Gasteiger partial charge in [-0.1, -0.05) is 6.42 Å². The maximum Gasteiger partial charge on any atom is 0.412 e. The Morgan fingerprint density at radius 3 is 2.28 bits per heavy atom. The van der Waals surface area contributed by atoms with Crippen LogP contribution in [0.3, 0.4) is 0 Å². The van der Waals surface area contributed by atoms with Gasteiger partial charge in [-0.05, 0) is 60.8 Å². The highest BCUT2D eigenvalue weighted by atomic mass is 19.4. The highest BCUT2D eigenvalue weighted by molar-refractivity contribution is 5.71. The summed E-state index contributed by atoms with van der Waals surface area (Å²) in [4.78, 5) is 7.58. The van der Waals surface area contributed by atoms with Crippen LogP contribution in [0.15, 0.2) is 36.3 Å². The number of hydrogen-bond donors (Lipinski definition) is 1. The van der Waals surface area contributed by atoms with Crippen molar-refractivity contribution in [2.45, 2.75) is 44.8 Å². The average Bonchev–Trinajstić information content (AvgIpc) is 3.14. The lowest BCUT2D eigenvalue weighted by atomic mass is 9.76. The van der Waals surface area contributed by atoms with Gasteiger partial charge in [-0.2, -0.15) is 13.2 Å². The number of nitrogens with zero attached hydrogens (tertiary/aromatic N) is 2. The second-order valence-electron chi connectivity index (χ2n) is 7.68. The van der Waals surface area contributed by atoms with Crippen molar-refractivity contribution in [3.05, 3.63) is 59.1 Å². The molecule has 0 spiro atoms. The van der Waals surface area contributed by atoms with Crippen LogP contribution in [0.5, 0.6) is 0 Å². The van der Waals surface area contributed by atoms with E-state index in [2.05, 4.69) is 15.3 Å². The van der Waals surface area contributed by atoms with Gasteiger partial charge < -0.3 is 5.32 Å². The molecule has 2 aliphatic rings. The Labute approximate surface area is 165 Å². The molecule has 0 aromatic carbocycles. The third-order valence-corrected chi connectivity index (χ3v) is 5.97. The molecule has 2 aliphatic carbocycles. The van der Waals surface area contributed by atoms with Crippen molar-refractivity contribution in [2.75, 3.05) is 5.32 Å². The van der Waals surface area contributed by atoms with E-state index >= 15 is 0 Å². The van der Waals surface area contributed by atoms with Crippen molar-refractivity contribution in [3.8, 4) is 0 Å². The van der Waals surface area contributed by atoms with Gasteiger partial charge in [-0.15, -0.1) is 0 Å². The quantitative estimate of drug-likeness (QED) is 0.640. The van der Waals surface area contributed by atoms with Crippen molar-refractivity contribution >= 4 is 11.4 Å². The fourth-order valence-electron chi connectivity index (χ4n) is 4.46. The second-order valence-corrected chi connectivity index (χ2v) is 7.68. The molecule has 0 radical (unpaired) electrons. The lowest BCUT2D eigenvalue weighted by molar-refractivity contribution is -0.0962. The van der Waals surface area contributed by atoms with Crippen LogP contribution in [0.2, 0.25) is 0 Å². The van der Waals surface area contributed by atoms with Gasteiger partial charge in [-0.25, -0.2) is 13.8 Å². The molecule has 1 fully saturated rings. The molecule has 2 atom stereocenters. The second kappa shape index (κ2) is 7.72. The number of nitrogens with one attached hydrogen (secondary N) is 1. The summed E-state index contributed by atoms with van der Waals surface area (Å²) in [6, 6.07) is 3.12. The summed E-state index contributed by atoms with van der Waals surface area (Å²) >= 11 is 0. The number of rotatable bonds is 4. The highest BCUT2D eigenvalue weighted by Crippen LogP contribution is 2.51. The number of hydrogen-bond acceptors (Lipinski definition) is 3. The van der Waals surface area contributed by atoms with E-state index in [1.54, 1.807) is 6.07 Å². The highest BCUT2D eigenvalue weighted by Gasteiger charge is 2.43. The first-order valence-corrected chi connectivity index (χ1v) is 9.60. The summed E-state index contributed by atoms with van der Waals surface area (Å²) in [7, 11) is 0. The minimum Gasteiger partial charge on any atom is -0.366 e. The predicted octanol–water partition coefficient (Wildman–Crippen LogP) is 5.89. The number of alkyl halides is 3. The van der Waals surface area contributed by atoms with Crippen molar-refractivity contribution < 1.29 is 22.0 Å². The van der Waals surface area contributed by atoms with Crippen LogP contribution in [-0.2, 0) is 6.54 Å². The molecule has 4 rings (SSSR count). The minimum absolute atomic E-state index is 0.0735. The third kappa shape index (κ3) is 4.11. The first-order valence-electron chi connectivity index (χ1n) is 9.60. The molecule has 1 N–H and O–H groups in total. The van der Waals surface area contributed by atoms with Crippen molar-refractivity contribution in [1.29, 1.82) is 0 Å². The largest absolute Gasteiger partial charge is 0.412 e. The number of anilines is 1. The van der Waals surface area contributed by atoms with Gasteiger partial charge in [0.2, 0.25) is 0 Å². The summed E-state index contributed by atoms with van der Waals surface area (Å²) in [5, 5.41) is 2.79. The first kappa shape index (κ1) is 19.8. The van der Waals surface area contributed by atoms with E-state index in [-0.39, 0.29) is 24.4 Å². The standard InChI is InChI=1S/C21H20F5N3/c22-18-10-27-11-19(23)16(18)9-29-20-5-4-14(8-28-20)15-6-12-2-1-3-13(12)7-17(15)21(24,25)26/h4-5,8,10-13H,1-3,6-7,9H2,(H,28,29). The third-order valence-electron chi connectivity index (χ3n) is 5.97. The molecule has 154 valence electrons. The van der Waals surface area contributed by atoms with E-state index in [4.69, 9.17) is 0 Å². The number of halogens is 5. The molecule has 2 aromatic rings. The lowest BCUT2D eigenvalue weighted by Crippen LogP contribution is -2.24. The van der Waals surface area contributed by atoms with Crippen molar-refractivity contribution in [2.24, 2.45) is 11.8 Å². The van der Waals surface area contributed by atoms with Crippen LogP contribution >= 0.6 is 0 Å². The van der Waals surface area contributed by atoms with E-state index < -0.39 is 23.4 Å². The smallest absolute Gasteiger partial charge is 0.366 e. The van der Waals surface area contributed by atoms with Crippen LogP contribution in [0.25, 0.3) is 5.57 Å². The normalized spacial score (nSPS) is 22.0. The van der Waals surface area contributed by atoms with Crippen molar-refractivity contribution in [3.63, 3.8) is 0 Å². The molecule has 0 amide bonds. The fourth-order valence-corrected chi connectivity index (χ4v) is 4.46. The summed E-state index contributed by atoms with van der Waals surface area (Å²) in [6.07, 6.45) is 2.19. The SMILES string of the molecule is Fc1cncc(F)c1CNc1ccc(C2=C(C(F)(F)F)CC3CCCC3C2)cn1. The minimum atomic E-state index is -4.35. The Hall–Kier alpha value is -2.51. The molecule has 29 heavy (non-hydrogen) atoms. The Balaban J connectivity index is 1.54. The number of fused-ring (bicyclic) bond motifs is 1. The van der Waals surface area contributed by atoms with Gasteiger partial charge in [0.1, 0.15) is 17.5 Å². The number of aromatic nitrogens is 2. The topological polar surface area (TPSA) is 37.8 Å². The van der Waals surface area contributed by atoms with Gasteiger partial charge >= 0.3 is 6.18 Å². The maximum atomic E-state index is 13.6. The number of allylic oxidation sites excluding steroid dienone is 2. The van der Waals surface area contributed by atoms with Crippen LogP contribution in [0.4, 0.5) is 27.8 Å². The van der Waals surface area contributed by atoms with E-state index in [1.165, 1.54) is 12.3 Å². The van der Waals surface area contributed by atoms with E-state index in [0.29, 0.717) is 29.3 Å². The van der Waals surface area contributed by atoms with E-state index in [0.717, 1.165) is 31.7 Å². The van der Waals surface area contributed by atoms with Gasteiger partial charge in [0.15, 0.2) is 0 Å². The molecule has 0 bridgehead atoms. The van der Waals surface area contributed by atoms with Gasteiger partial charge in [0, 0.05) is 23.9 Å². The Morgan fingerprint density at radius 2 is 1.66 bits per heavy atom. The van der Waals surface area contributed by atoms with Crippen molar-refractivity contribution in [1.82, 2.24) is 9.97 Å². The molecule has 2 heterocycles. The maximum absolute atomic E-state index is 13.6. The van der Waals surface area contributed by atoms with Gasteiger partial charge in [-0.3, -0.25) is 4.98 Å².